The third-order valence-electron chi connectivity index (χ3n) is 2.89. The van der Waals surface area contributed by atoms with Crippen molar-refractivity contribution in [1.29, 1.82) is 0 Å². The minimum atomic E-state index is -0.631. The third kappa shape index (κ3) is 5.88. The number of nitrogens with zero attached hydrogens (tertiary/aromatic N) is 2. The van der Waals surface area contributed by atoms with E-state index in [1.807, 2.05) is 27.7 Å². The Kier molecular flexibility index (Phi) is 5.58. The lowest BCUT2D eigenvalue weighted by Crippen LogP contribution is -2.42. The largest absolute Gasteiger partial charge is 0.444 e. The van der Waals surface area contributed by atoms with Crippen molar-refractivity contribution in [2.45, 2.75) is 66.2 Å². The summed E-state index contributed by atoms with van der Waals surface area (Å²) < 4.78 is 13.2. The van der Waals surface area contributed by atoms with Crippen LogP contribution in [0.1, 0.15) is 60.3 Å². The molecule has 0 bridgehead atoms. The third-order valence-corrected chi connectivity index (χ3v) is 2.89. The lowest BCUT2D eigenvalue weighted by Gasteiger charge is -2.30. The molecule has 6 heteroatoms. The van der Waals surface area contributed by atoms with Gasteiger partial charge in [-0.2, -0.15) is 0 Å². The lowest BCUT2D eigenvalue weighted by atomic mass is 10.2. The van der Waals surface area contributed by atoms with Gasteiger partial charge in [0.05, 0.1) is 13.3 Å². The normalized spacial score (nSPS) is 12.1. The highest BCUT2D eigenvalue weighted by atomic mass is 16.6. The van der Waals surface area contributed by atoms with Gasteiger partial charge in [-0.15, -0.1) is 0 Å². The number of aromatic nitrogens is 1. The number of hydrogen-bond acceptors (Lipinski definition) is 4. The van der Waals surface area contributed by atoms with Crippen molar-refractivity contribution in [1.82, 2.24) is 9.88 Å². The number of ether oxygens (including phenoxy) is 1. The van der Waals surface area contributed by atoms with E-state index in [-0.39, 0.29) is 29.7 Å². The zero-order valence-corrected chi connectivity index (χ0v) is 14.9. The second-order valence-corrected chi connectivity index (χ2v) is 6.88. The van der Waals surface area contributed by atoms with Gasteiger partial charge in [-0.1, -0.05) is 0 Å². The molecular weight excluding hydrogens is 294 g/mol. The van der Waals surface area contributed by atoms with E-state index in [1.165, 1.54) is 12.3 Å². The van der Waals surface area contributed by atoms with Crippen LogP contribution in [-0.4, -0.2) is 39.6 Å². The highest BCUT2D eigenvalue weighted by Crippen LogP contribution is 2.14. The van der Waals surface area contributed by atoms with Crippen LogP contribution in [0.25, 0.3) is 0 Å². The van der Waals surface area contributed by atoms with Crippen LogP contribution in [0.3, 0.4) is 0 Å². The molecule has 2 amide bonds. The second kappa shape index (κ2) is 7.44. The van der Waals surface area contributed by atoms with Gasteiger partial charge in [-0.05, 0) is 60.6 Å². The molecule has 128 valence electrons. The first-order valence-corrected chi connectivity index (χ1v) is 7.71. The van der Waals surface area contributed by atoms with E-state index in [9.17, 15) is 9.59 Å². The van der Waals surface area contributed by atoms with Gasteiger partial charge in [0.25, 0.3) is 5.91 Å². The molecule has 1 rings (SSSR count). The van der Waals surface area contributed by atoms with Gasteiger partial charge >= 0.3 is 6.09 Å². The molecule has 1 aromatic heterocycles. The molecule has 0 saturated heterocycles. The fourth-order valence-electron chi connectivity index (χ4n) is 2.15. The maximum absolute atomic E-state index is 12.6. The van der Waals surface area contributed by atoms with Crippen LogP contribution >= 0.6 is 0 Å². The molecule has 0 saturated carbocycles. The van der Waals surface area contributed by atoms with E-state index in [0.29, 0.717) is 5.69 Å². The number of pyridine rings is 1. The van der Waals surface area contributed by atoms with E-state index in [2.05, 4.69) is 10.3 Å². The highest BCUT2D eigenvalue weighted by Gasteiger charge is 2.22. The molecule has 0 aliphatic rings. The molecule has 1 N–H and O–H groups in total. The van der Waals surface area contributed by atoms with E-state index in [1.54, 1.807) is 25.7 Å². The number of carbonyl (C=O) groups excluding carboxylic acids is 2. The Morgan fingerprint density at radius 2 is 1.83 bits per heavy atom. The van der Waals surface area contributed by atoms with Crippen LogP contribution in [0.4, 0.5) is 10.5 Å². The number of carbonyl (C=O) groups is 2. The van der Waals surface area contributed by atoms with Crippen LogP contribution < -0.4 is 5.32 Å². The monoisotopic (exact) mass is 322 g/mol. The Morgan fingerprint density at radius 3 is 2.26 bits per heavy atom. The minimum absolute atomic E-state index is 0.00161. The molecule has 0 fully saturated rings. The zero-order chi connectivity index (χ0) is 18.7. The molecule has 0 atom stereocenters. The second-order valence-electron chi connectivity index (χ2n) is 6.88. The molecule has 6 nitrogen and oxygen atoms in total. The summed E-state index contributed by atoms with van der Waals surface area (Å²) in [4.78, 5) is 30.1. The van der Waals surface area contributed by atoms with Crippen LogP contribution in [0.2, 0.25) is 0 Å². The average Bonchev–Trinajstić information content (AvgIpc) is 2.34. The zero-order valence-electron chi connectivity index (χ0n) is 15.9. The van der Waals surface area contributed by atoms with Gasteiger partial charge in [0, 0.05) is 12.1 Å². The van der Waals surface area contributed by atoms with E-state index in [4.69, 9.17) is 6.11 Å². The maximum atomic E-state index is 12.6. The predicted molar refractivity (Wildman–Crippen MR) is 90.5 cm³/mol. The summed E-state index contributed by atoms with van der Waals surface area (Å²) >= 11 is 0. The molecule has 0 spiro atoms. The lowest BCUT2D eigenvalue weighted by molar-refractivity contribution is 0.0628. The smallest absolute Gasteiger partial charge is 0.412 e. The molecule has 0 aliphatic carbocycles. The quantitative estimate of drug-likeness (QED) is 0.917. The fourth-order valence-corrected chi connectivity index (χ4v) is 2.15. The first-order valence-electron chi connectivity index (χ1n) is 8.21. The summed E-state index contributed by atoms with van der Waals surface area (Å²) in [6.45, 7) is 12.9. The Morgan fingerprint density at radius 1 is 1.26 bits per heavy atom. The fraction of sp³-hybridized carbons (Fsp3) is 0.588. The Bertz CT molecular complexity index is 602. The summed E-state index contributed by atoms with van der Waals surface area (Å²) in [6, 6.07) is 1.35. The van der Waals surface area contributed by atoms with Crippen molar-refractivity contribution in [3.63, 3.8) is 0 Å². The molecule has 0 unspecified atom stereocenters. The summed E-state index contributed by atoms with van der Waals surface area (Å²) in [7, 11) is 0. The number of anilines is 1. The summed E-state index contributed by atoms with van der Waals surface area (Å²) in [6.07, 6.45) is 0.724. The highest BCUT2D eigenvalue weighted by molar-refractivity contribution is 5.93. The van der Waals surface area contributed by atoms with Crippen molar-refractivity contribution in [3.8, 4) is 0 Å². The number of nitrogens with one attached hydrogen (secondary N) is 1. The first kappa shape index (κ1) is 17.2. The average molecular weight is 322 g/mol. The van der Waals surface area contributed by atoms with Gasteiger partial charge in [-0.3, -0.25) is 10.1 Å². The van der Waals surface area contributed by atoms with Crippen LogP contribution in [0, 0.1) is 0 Å². The van der Waals surface area contributed by atoms with Crippen molar-refractivity contribution in [3.05, 3.63) is 24.0 Å². The Hall–Kier alpha value is -2.11. The number of rotatable bonds is 4. The minimum Gasteiger partial charge on any atom is -0.444 e. The molecule has 0 aliphatic heterocycles. The predicted octanol–water partition coefficient (Wildman–Crippen LogP) is 3.69. The van der Waals surface area contributed by atoms with Crippen molar-refractivity contribution in [2.75, 3.05) is 5.32 Å². The number of hydrogen-bond donors (Lipinski definition) is 1. The van der Waals surface area contributed by atoms with Crippen LogP contribution in [0.15, 0.2) is 18.3 Å². The Labute approximate surface area is 139 Å². The topological polar surface area (TPSA) is 71.5 Å². The summed E-state index contributed by atoms with van der Waals surface area (Å²) in [5.74, 6) is -0.297. The van der Waals surface area contributed by atoms with Gasteiger partial charge in [-0.25, -0.2) is 9.78 Å². The maximum Gasteiger partial charge on any atom is 0.412 e. The van der Waals surface area contributed by atoms with E-state index in [0.717, 1.165) is 0 Å². The molecular formula is C17H27N3O3. The van der Waals surface area contributed by atoms with Crippen molar-refractivity contribution >= 4 is 17.7 Å². The standard InChI is InChI=1S/C17H27N3O3/c1-11(2)20(12(3)4)15(21)14-9-8-13(10-18-14)19-16(22)23-17(5,6)7/h8-12H,1-7H3,(H,19,22)/i9D. The summed E-state index contributed by atoms with van der Waals surface area (Å²) in [5, 5.41) is 2.51. The number of amides is 2. The van der Waals surface area contributed by atoms with E-state index < -0.39 is 11.7 Å². The van der Waals surface area contributed by atoms with Gasteiger partial charge in [0.1, 0.15) is 11.3 Å². The van der Waals surface area contributed by atoms with Crippen LogP contribution in [0.5, 0.6) is 0 Å². The van der Waals surface area contributed by atoms with Crippen molar-refractivity contribution < 1.29 is 15.7 Å². The van der Waals surface area contributed by atoms with Gasteiger partial charge in [0.2, 0.25) is 0 Å². The molecule has 0 radical (unpaired) electrons. The van der Waals surface area contributed by atoms with Gasteiger partial charge < -0.3 is 9.64 Å². The Balaban J connectivity index is 2.95. The van der Waals surface area contributed by atoms with Crippen LogP contribution in [-0.2, 0) is 4.74 Å². The van der Waals surface area contributed by atoms with Gasteiger partial charge in [0.15, 0.2) is 0 Å². The molecule has 0 aromatic carbocycles. The van der Waals surface area contributed by atoms with E-state index >= 15 is 0 Å². The summed E-state index contributed by atoms with van der Waals surface area (Å²) in [5.41, 5.74) is -0.245. The SMILES string of the molecule is [2H]c1cc(NC(=O)OC(C)(C)C)cnc1C(=O)N(C(C)C)C(C)C. The molecule has 1 aromatic rings. The molecule has 1 heterocycles. The molecule has 23 heavy (non-hydrogen) atoms. The van der Waals surface area contributed by atoms with Crippen molar-refractivity contribution in [2.24, 2.45) is 0 Å². The first-order chi connectivity index (χ1) is 10.9.